The number of rotatable bonds is 5. The van der Waals surface area contributed by atoms with Crippen LogP contribution in [0.25, 0.3) is 0 Å². The molecule has 3 heterocycles. The summed E-state index contributed by atoms with van der Waals surface area (Å²) < 4.78 is 13.0. The molecule has 3 atom stereocenters. The molecule has 0 saturated carbocycles. The number of ether oxygens (including phenoxy) is 2. The van der Waals surface area contributed by atoms with Gasteiger partial charge in [-0.2, -0.15) is 0 Å². The van der Waals surface area contributed by atoms with E-state index in [1.54, 1.807) is 34.0 Å². The average molecular weight is 695 g/mol. The standard InChI is InChI=1S/C34H46N8O8/c1-21(2)17-26-32(46)38-29(22(3)43)33(47)36-12-5-6-14-41(34(48)25-9-7-13-35-31(25)45)15-8-16-42-19-24(39-40-42)20-50-28-18-23(30(44)37-26)10-11-27(28)49-4/h7,9-11,13,18-19,21-22,26,29,43H,5-6,8,12,14-17,20H2,1-4H3,(H,35,45)(H,36,47)(H,37,44)(H,38,46)/t22-,26-,29+/m1/s1. The Balaban J connectivity index is 1.59. The number of carbonyl (C=O) groups excluding carboxylic acids is 4. The molecule has 2 aromatic heterocycles. The van der Waals surface area contributed by atoms with Crippen molar-refractivity contribution in [1.29, 1.82) is 0 Å². The third-order valence-electron chi connectivity index (χ3n) is 8.08. The van der Waals surface area contributed by atoms with Crippen LogP contribution in [0.2, 0.25) is 0 Å². The topological polar surface area (TPSA) is 210 Å². The van der Waals surface area contributed by atoms with Gasteiger partial charge < -0.3 is 40.4 Å². The summed E-state index contributed by atoms with van der Waals surface area (Å²) in [5, 5.41) is 26.9. The maximum Gasteiger partial charge on any atom is 0.260 e. The van der Waals surface area contributed by atoms with Crippen LogP contribution in [-0.4, -0.2) is 98.5 Å². The molecule has 4 amide bonds. The lowest BCUT2D eigenvalue weighted by Gasteiger charge is -2.26. The third-order valence-corrected chi connectivity index (χ3v) is 8.08. The molecule has 3 aromatic rings. The summed E-state index contributed by atoms with van der Waals surface area (Å²) in [6, 6.07) is 5.39. The predicted molar refractivity (Wildman–Crippen MR) is 181 cm³/mol. The van der Waals surface area contributed by atoms with Gasteiger partial charge >= 0.3 is 0 Å². The molecule has 0 radical (unpaired) electrons. The van der Waals surface area contributed by atoms with Gasteiger partial charge in [0.05, 0.1) is 19.4 Å². The highest BCUT2D eigenvalue weighted by atomic mass is 16.5. The van der Waals surface area contributed by atoms with Crippen molar-refractivity contribution < 1.29 is 33.8 Å². The molecule has 0 saturated heterocycles. The Kier molecular flexibility index (Phi) is 13.5. The Morgan fingerprint density at radius 3 is 2.54 bits per heavy atom. The third kappa shape index (κ3) is 10.4. The predicted octanol–water partition coefficient (Wildman–Crippen LogP) is 1.01. The zero-order valence-electron chi connectivity index (χ0n) is 28.8. The van der Waals surface area contributed by atoms with E-state index in [9.17, 15) is 29.1 Å². The first-order valence-electron chi connectivity index (χ1n) is 16.7. The number of aromatic amines is 1. The van der Waals surface area contributed by atoms with E-state index in [1.165, 1.54) is 32.4 Å². The second-order valence-corrected chi connectivity index (χ2v) is 12.6. The Morgan fingerprint density at radius 1 is 1.04 bits per heavy atom. The molecule has 16 nitrogen and oxygen atoms in total. The number of aromatic nitrogens is 4. The summed E-state index contributed by atoms with van der Waals surface area (Å²) in [6.45, 7) is 6.48. The van der Waals surface area contributed by atoms with E-state index in [-0.39, 0.29) is 42.4 Å². The van der Waals surface area contributed by atoms with Gasteiger partial charge in [0.1, 0.15) is 29.9 Å². The van der Waals surface area contributed by atoms with Gasteiger partial charge in [-0.15, -0.1) is 5.10 Å². The number of fused-ring (bicyclic) bond motifs is 4. The molecule has 1 aromatic carbocycles. The minimum atomic E-state index is -1.28. The number of H-pyrrole nitrogens is 1. The monoisotopic (exact) mass is 694 g/mol. The number of pyridine rings is 1. The van der Waals surface area contributed by atoms with Gasteiger partial charge in [0.15, 0.2) is 11.5 Å². The largest absolute Gasteiger partial charge is 0.493 e. The van der Waals surface area contributed by atoms with Crippen LogP contribution >= 0.6 is 0 Å². The van der Waals surface area contributed by atoms with Crippen LogP contribution in [0.3, 0.4) is 0 Å². The number of aryl methyl sites for hydroxylation is 1. The van der Waals surface area contributed by atoms with E-state index >= 15 is 0 Å². The first-order chi connectivity index (χ1) is 24.0. The lowest BCUT2D eigenvalue weighted by Crippen LogP contribution is -2.57. The van der Waals surface area contributed by atoms with Crippen LogP contribution in [0.15, 0.2) is 47.5 Å². The Morgan fingerprint density at radius 2 is 1.82 bits per heavy atom. The Bertz CT molecular complexity index is 1690. The first-order valence-corrected chi connectivity index (χ1v) is 16.7. The summed E-state index contributed by atoms with van der Waals surface area (Å²) >= 11 is 0. The van der Waals surface area contributed by atoms with E-state index in [1.807, 2.05) is 13.8 Å². The van der Waals surface area contributed by atoms with Gasteiger partial charge in [-0.25, -0.2) is 0 Å². The van der Waals surface area contributed by atoms with Gasteiger partial charge in [0.25, 0.3) is 17.4 Å². The number of nitrogens with zero attached hydrogens (tertiary/aromatic N) is 4. The van der Waals surface area contributed by atoms with Crippen molar-refractivity contribution in [1.82, 2.24) is 40.8 Å². The van der Waals surface area contributed by atoms with Gasteiger partial charge in [0, 0.05) is 37.9 Å². The molecular formula is C34H46N8O8. The average Bonchev–Trinajstić information content (AvgIpc) is 3.54. The minimum Gasteiger partial charge on any atom is -0.493 e. The summed E-state index contributed by atoms with van der Waals surface area (Å²) in [7, 11) is 1.47. The number of aliphatic hydroxyl groups is 1. The highest BCUT2D eigenvalue weighted by molar-refractivity contribution is 5.99. The van der Waals surface area contributed by atoms with Gasteiger partial charge in [-0.1, -0.05) is 19.1 Å². The van der Waals surface area contributed by atoms with Crippen LogP contribution in [0.1, 0.15) is 72.9 Å². The Hall–Kier alpha value is -5.25. The maximum absolute atomic E-state index is 13.4. The number of benzene rings is 1. The second kappa shape index (κ2) is 17.9. The second-order valence-electron chi connectivity index (χ2n) is 12.6. The highest BCUT2D eigenvalue weighted by Crippen LogP contribution is 2.29. The van der Waals surface area contributed by atoms with Crippen LogP contribution in [-0.2, 0) is 22.7 Å². The van der Waals surface area contributed by atoms with Gasteiger partial charge in [-0.3, -0.25) is 28.7 Å². The number of methoxy groups -OCH3 is 1. The fourth-order valence-electron chi connectivity index (χ4n) is 5.45. The minimum absolute atomic E-state index is 0.00611. The van der Waals surface area contributed by atoms with Crippen molar-refractivity contribution in [3.8, 4) is 11.5 Å². The fourth-order valence-corrected chi connectivity index (χ4v) is 5.45. The molecule has 0 aliphatic carbocycles. The van der Waals surface area contributed by atoms with E-state index < -0.39 is 47.4 Å². The van der Waals surface area contributed by atoms with Crippen molar-refractivity contribution in [3.63, 3.8) is 0 Å². The number of hydrogen-bond donors (Lipinski definition) is 5. The van der Waals surface area contributed by atoms with E-state index in [0.717, 1.165) is 0 Å². The summed E-state index contributed by atoms with van der Waals surface area (Å²) in [6.07, 6.45) is 3.70. The zero-order valence-corrected chi connectivity index (χ0v) is 28.8. The van der Waals surface area contributed by atoms with Crippen LogP contribution in [0, 0.1) is 5.92 Å². The van der Waals surface area contributed by atoms with Gasteiger partial charge in [0.2, 0.25) is 11.8 Å². The molecule has 4 bridgehead atoms. The maximum atomic E-state index is 13.4. The summed E-state index contributed by atoms with van der Waals surface area (Å²) in [4.78, 5) is 69.8. The molecule has 1 aliphatic rings. The smallest absolute Gasteiger partial charge is 0.260 e. The number of carbonyl (C=O) groups is 4. The quantitative estimate of drug-likeness (QED) is 0.256. The van der Waals surface area contributed by atoms with E-state index in [0.29, 0.717) is 50.3 Å². The molecular weight excluding hydrogens is 648 g/mol. The van der Waals surface area contributed by atoms with Crippen LogP contribution in [0.5, 0.6) is 11.5 Å². The molecule has 5 N–H and O–H groups in total. The van der Waals surface area contributed by atoms with Crippen molar-refractivity contribution in [3.05, 3.63) is 69.9 Å². The first kappa shape index (κ1) is 37.6. The number of amides is 4. The molecule has 50 heavy (non-hydrogen) atoms. The molecule has 16 heteroatoms. The molecule has 270 valence electrons. The number of aliphatic hydroxyl groups excluding tert-OH is 1. The van der Waals surface area contributed by atoms with E-state index in [2.05, 4.69) is 31.2 Å². The van der Waals surface area contributed by atoms with E-state index in [4.69, 9.17) is 9.47 Å². The molecule has 4 rings (SSSR count). The molecule has 0 spiro atoms. The molecule has 1 aliphatic heterocycles. The SMILES string of the molecule is COc1ccc2cc1OCc1cn(nn1)CCCN(C(=O)c1ccc[nH]c1=O)CCCCNC(=O)[C@H]([C@@H](C)O)NC(=O)[C@@H](CC(C)C)NC2=O. The highest BCUT2D eigenvalue weighted by Gasteiger charge is 2.30. The normalized spacial score (nSPS) is 19.3. The van der Waals surface area contributed by atoms with Crippen LogP contribution < -0.4 is 31.0 Å². The zero-order chi connectivity index (χ0) is 36.2. The molecule has 0 unspecified atom stereocenters. The Labute approximate surface area is 289 Å². The molecule has 0 fully saturated rings. The number of hydrogen-bond acceptors (Lipinski definition) is 10. The number of nitrogens with one attached hydrogen (secondary N) is 4. The van der Waals surface area contributed by atoms with Crippen molar-refractivity contribution in [2.45, 2.75) is 77.8 Å². The van der Waals surface area contributed by atoms with Crippen molar-refractivity contribution in [2.75, 3.05) is 26.7 Å². The lowest BCUT2D eigenvalue weighted by atomic mass is 10.0. The lowest BCUT2D eigenvalue weighted by molar-refractivity contribution is -0.132. The van der Waals surface area contributed by atoms with Crippen molar-refractivity contribution >= 4 is 23.6 Å². The van der Waals surface area contributed by atoms with Crippen LogP contribution in [0.4, 0.5) is 0 Å². The fraction of sp³-hybridized carbons (Fsp3) is 0.500. The van der Waals surface area contributed by atoms with Crippen molar-refractivity contribution in [2.24, 2.45) is 5.92 Å². The summed E-state index contributed by atoms with van der Waals surface area (Å²) in [5.41, 5.74) is 0.264. The summed E-state index contributed by atoms with van der Waals surface area (Å²) in [5.74, 6) is -1.52. The van der Waals surface area contributed by atoms with Gasteiger partial charge in [-0.05, 0) is 68.9 Å².